The van der Waals surface area contributed by atoms with Crippen molar-refractivity contribution < 1.29 is 28.6 Å². The van der Waals surface area contributed by atoms with E-state index in [1.54, 1.807) is 0 Å². The fourth-order valence-electron chi connectivity index (χ4n) is 9.62. The lowest BCUT2D eigenvalue weighted by Crippen LogP contribution is -2.30. The minimum absolute atomic E-state index is 0.0717. The molecule has 0 aliphatic heterocycles. The van der Waals surface area contributed by atoms with Crippen LogP contribution >= 0.6 is 0 Å². The van der Waals surface area contributed by atoms with E-state index in [-0.39, 0.29) is 31.1 Å². The molecule has 432 valence electrons. The van der Waals surface area contributed by atoms with Gasteiger partial charge < -0.3 is 14.2 Å². The van der Waals surface area contributed by atoms with Gasteiger partial charge in [-0.1, -0.05) is 294 Å². The second-order valence-corrected chi connectivity index (χ2v) is 22.0. The van der Waals surface area contributed by atoms with E-state index in [4.69, 9.17) is 14.2 Å². The molecule has 6 heteroatoms. The smallest absolute Gasteiger partial charge is 0.306 e. The Morgan fingerprint density at radius 3 is 0.770 bits per heavy atom. The number of hydrogen-bond donors (Lipinski definition) is 0. The van der Waals surface area contributed by atoms with Crippen LogP contribution in [0, 0.1) is 0 Å². The first kappa shape index (κ1) is 71.4. The van der Waals surface area contributed by atoms with Crippen molar-refractivity contribution in [2.45, 2.75) is 354 Å². The first-order chi connectivity index (χ1) is 36.5. The molecule has 0 rings (SSSR count). The van der Waals surface area contributed by atoms with Crippen LogP contribution in [-0.4, -0.2) is 37.2 Å². The minimum atomic E-state index is -0.773. The zero-order valence-electron chi connectivity index (χ0n) is 49.6. The first-order valence-corrected chi connectivity index (χ1v) is 32.6. The molecule has 0 heterocycles. The molecule has 1 atom stereocenters. The summed E-state index contributed by atoms with van der Waals surface area (Å²) in [6, 6.07) is 0. The van der Waals surface area contributed by atoms with Gasteiger partial charge in [-0.3, -0.25) is 14.4 Å². The van der Waals surface area contributed by atoms with E-state index >= 15 is 0 Å². The zero-order chi connectivity index (χ0) is 53.6. The summed E-state index contributed by atoms with van der Waals surface area (Å²) < 4.78 is 16.9. The molecule has 0 fully saturated rings. The Bertz CT molecular complexity index is 1280. The SMILES string of the molecule is CCCCCCC/C=C\C/C=C\C/C=C\CCCCCCCCCCCCCCCCCCC(=O)OCC(COC(=O)CCCCCCCCCCCCC)OC(=O)CCCCCCC/C=C\CCCCCCC. The van der Waals surface area contributed by atoms with E-state index in [1.165, 1.54) is 231 Å². The molecule has 0 spiro atoms. The Morgan fingerprint density at radius 2 is 0.486 bits per heavy atom. The number of unbranched alkanes of at least 4 members (excludes halogenated alkanes) is 41. The van der Waals surface area contributed by atoms with Gasteiger partial charge in [-0.05, 0) is 83.5 Å². The largest absolute Gasteiger partial charge is 0.462 e. The van der Waals surface area contributed by atoms with Gasteiger partial charge in [0.25, 0.3) is 0 Å². The van der Waals surface area contributed by atoms with Gasteiger partial charge in [-0.2, -0.15) is 0 Å². The van der Waals surface area contributed by atoms with Crippen molar-refractivity contribution in [2.24, 2.45) is 0 Å². The summed E-state index contributed by atoms with van der Waals surface area (Å²) in [5, 5.41) is 0. The molecule has 0 amide bonds. The minimum Gasteiger partial charge on any atom is -0.462 e. The average Bonchev–Trinajstić information content (AvgIpc) is 3.40. The number of hydrogen-bond acceptors (Lipinski definition) is 6. The molecule has 0 aromatic heterocycles. The molecule has 0 bridgehead atoms. The summed E-state index contributed by atoms with van der Waals surface area (Å²) >= 11 is 0. The fraction of sp³-hybridized carbons (Fsp3) is 0.838. The van der Waals surface area contributed by atoms with Gasteiger partial charge in [0.2, 0.25) is 0 Å². The highest BCUT2D eigenvalue weighted by atomic mass is 16.6. The number of carbonyl (C=O) groups is 3. The molecule has 0 aliphatic rings. The summed E-state index contributed by atoms with van der Waals surface area (Å²) in [5.74, 6) is -0.862. The molecule has 0 N–H and O–H groups in total. The second kappa shape index (κ2) is 62.9. The van der Waals surface area contributed by atoms with Gasteiger partial charge in [0.15, 0.2) is 6.10 Å². The number of esters is 3. The van der Waals surface area contributed by atoms with Crippen LogP contribution in [0.2, 0.25) is 0 Å². The van der Waals surface area contributed by atoms with Gasteiger partial charge >= 0.3 is 17.9 Å². The van der Waals surface area contributed by atoms with E-state index in [2.05, 4.69) is 69.4 Å². The Morgan fingerprint density at radius 1 is 0.270 bits per heavy atom. The third-order valence-corrected chi connectivity index (χ3v) is 14.6. The monoisotopic (exact) mass is 1040 g/mol. The maximum Gasteiger partial charge on any atom is 0.306 e. The van der Waals surface area contributed by atoms with Crippen molar-refractivity contribution in [1.29, 1.82) is 0 Å². The zero-order valence-corrected chi connectivity index (χ0v) is 49.6. The van der Waals surface area contributed by atoms with Crippen LogP contribution in [0.1, 0.15) is 348 Å². The van der Waals surface area contributed by atoms with Crippen LogP contribution in [0.5, 0.6) is 0 Å². The molecular formula is C68H124O6. The maximum absolute atomic E-state index is 12.8. The maximum atomic E-state index is 12.8. The molecule has 0 saturated heterocycles. The highest BCUT2D eigenvalue weighted by Gasteiger charge is 2.19. The standard InChI is InChI=1S/C68H124O6/c1-4-7-10-13-16-19-22-24-26-27-28-29-30-31-32-33-34-35-36-37-38-39-40-41-42-44-46-49-52-55-58-61-67(70)73-64-65(63-72-66(69)60-57-54-51-48-45-21-18-15-12-9-6-3)74-68(71)62-59-56-53-50-47-43-25-23-20-17-14-11-8-5-2/h22-25,27-28,30-31,65H,4-21,26,29,32-64H2,1-3H3/b24-22-,25-23-,28-27-,31-30-. The molecule has 1 unspecified atom stereocenters. The Hall–Kier alpha value is -2.63. The van der Waals surface area contributed by atoms with E-state index in [0.717, 1.165) is 77.0 Å². The summed E-state index contributed by atoms with van der Waals surface area (Å²) in [7, 11) is 0. The Labute approximate surface area is 460 Å². The summed E-state index contributed by atoms with van der Waals surface area (Å²) in [4.78, 5) is 38.2. The lowest BCUT2D eigenvalue weighted by atomic mass is 10.0. The van der Waals surface area contributed by atoms with E-state index < -0.39 is 6.10 Å². The highest BCUT2D eigenvalue weighted by molar-refractivity contribution is 5.71. The molecule has 0 aromatic rings. The van der Waals surface area contributed by atoms with Crippen molar-refractivity contribution in [3.05, 3.63) is 48.6 Å². The van der Waals surface area contributed by atoms with Gasteiger partial charge in [-0.15, -0.1) is 0 Å². The Balaban J connectivity index is 4.11. The van der Waals surface area contributed by atoms with Gasteiger partial charge in [0, 0.05) is 19.3 Å². The van der Waals surface area contributed by atoms with E-state index in [9.17, 15) is 14.4 Å². The average molecular weight is 1040 g/mol. The van der Waals surface area contributed by atoms with Gasteiger partial charge in [0.1, 0.15) is 13.2 Å². The van der Waals surface area contributed by atoms with Crippen LogP contribution in [0.15, 0.2) is 48.6 Å². The van der Waals surface area contributed by atoms with Crippen LogP contribution in [0.4, 0.5) is 0 Å². The number of carbonyl (C=O) groups excluding carboxylic acids is 3. The molecule has 0 aliphatic carbocycles. The summed E-state index contributed by atoms with van der Waals surface area (Å²) in [6.07, 6.45) is 78.5. The topological polar surface area (TPSA) is 78.9 Å². The van der Waals surface area contributed by atoms with E-state index in [1.807, 2.05) is 0 Å². The predicted octanol–water partition coefficient (Wildman–Crippen LogP) is 22.2. The van der Waals surface area contributed by atoms with Crippen molar-refractivity contribution in [2.75, 3.05) is 13.2 Å². The normalized spacial score (nSPS) is 12.3. The summed E-state index contributed by atoms with van der Waals surface area (Å²) in [6.45, 7) is 6.65. The quantitative estimate of drug-likeness (QED) is 0.0261. The van der Waals surface area contributed by atoms with Gasteiger partial charge in [-0.25, -0.2) is 0 Å². The predicted molar refractivity (Wildman–Crippen MR) is 321 cm³/mol. The third-order valence-electron chi connectivity index (χ3n) is 14.6. The number of ether oxygens (including phenoxy) is 3. The van der Waals surface area contributed by atoms with Crippen LogP contribution in [0.3, 0.4) is 0 Å². The van der Waals surface area contributed by atoms with Gasteiger partial charge in [0.05, 0.1) is 0 Å². The molecular weight excluding hydrogens is 913 g/mol. The molecule has 6 nitrogen and oxygen atoms in total. The van der Waals surface area contributed by atoms with E-state index in [0.29, 0.717) is 19.3 Å². The number of allylic oxidation sites excluding steroid dienone is 8. The van der Waals surface area contributed by atoms with Crippen molar-refractivity contribution in [3.63, 3.8) is 0 Å². The third kappa shape index (κ3) is 60.2. The second-order valence-electron chi connectivity index (χ2n) is 22.0. The van der Waals surface area contributed by atoms with Crippen LogP contribution in [-0.2, 0) is 28.6 Å². The fourth-order valence-corrected chi connectivity index (χ4v) is 9.62. The summed E-state index contributed by atoms with van der Waals surface area (Å²) in [5.41, 5.74) is 0. The molecule has 0 aromatic carbocycles. The molecule has 0 radical (unpaired) electrons. The van der Waals surface area contributed by atoms with Crippen LogP contribution < -0.4 is 0 Å². The number of rotatable bonds is 60. The lowest BCUT2D eigenvalue weighted by Gasteiger charge is -2.18. The molecule has 0 saturated carbocycles. The molecule has 74 heavy (non-hydrogen) atoms. The lowest BCUT2D eigenvalue weighted by molar-refractivity contribution is -0.167. The highest BCUT2D eigenvalue weighted by Crippen LogP contribution is 2.17. The van der Waals surface area contributed by atoms with Crippen molar-refractivity contribution in [3.8, 4) is 0 Å². The van der Waals surface area contributed by atoms with Crippen molar-refractivity contribution >= 4 is 17.9 Å². The Kier molecular flexibility index (Phi) is 60.7. The van der Waals surface area contributed by atoms with Crippen LogP contribution in [0.25, 0.3) is 0 Å². The van der Waals surface area contributed by atoms with Crippen molar-refractivity contribution in [1.82, 2.24) is 0 Å². The first-order valence-electron chi connectivity index (χ1n) is 32.6.